The number of carbonyl (C=O) groups is 3. The van der Waals surface area contributed by atoms with Gasteiger partial charge in [0.05, 0.1) is 11.3 Å². The molecule has 4 aromatic rings. The highest BCUT2D eigenvalue weighted by Gasteiger charge is 2.27. The number of hydrogen-bond donors (Lipinski definition) is 2. The van der Waals surface area contributed by atoms with Crippen molar-refractivity contribution < 1.29 is 14.4 Å². The molecule has 0 bridgehead atoms. The van der Waals surface area contributed by atoms with Crippen molar-refractivity contribution in [3.8, 4) is 5.82 Å². The van der Waals surface area contributed by atoms with Crippen molar-refractivity contribution >= 4 is 23.3 Å². The number of nitrogens with zero attached hydrogens (tertiary/aromatic N) is 5. The first kappa shape index (κ1) is 26.8. The zero-order valence-electron chi connectivity index (χ0n) is 22.0. The second-order valence-corrected chi connectivity index (χ2v) is 9.67. The van der Waals surface area contributed by atoms with Crippen LogP contribution >= 0.6 is 0 Å². The number of para-hydroxylation sites is 1. The SMILES string of the molecule is NC(=O)C(=O)C(Cc1ccccc1)NC(=O)c1cccnc1-n1ccc(CN2CCN(c3ccccc3)CC2)n1. The summed E-state index contributed by atoms with van der Waals surface area (Å²) in [7, 11) is 0. The minimum Gasteiger partial charge on any atom is -0.369 e. The number of nitrogens with one attached hydrogen (secondary N) is 1. The van der Waals surface area contributed by atoms with Crippen molar-refractivity contribution in [1.29, 1.82) is 0 Å². The fourth-order valence-electron chi connectivity index (χ4n) is 4.82. The highest BCUT2D eigenvalue weighted by atomic mass is 16.2. The molecule has 1 saturated heterocycles. The lowest BCUT2D eigenvalue weighted by Crippen LogP contribution is -2.47. The van der Waals surface area contributed by atoms with Crippen LogP contribution in [0.5, 0.6) is 0 Å². The number of ketones is 1. The van der Waals surface area contributed by atoms with E-state index in [0.717, 1.165) is 37.4 Å². The maximum atomic E-state index is 13.3. The summed E-state index contributed by atoms with van der Waals surface area (Å²) in [4.78, 5) is 46.7. The number of amides is 2. The molecule has 2 amide bonds. The number of piperazine rings is 1. The maximum absolute atomic E-state index is 13.3. The third kappa shape index (κ3) is 6.41. The summed E-state index contributed by atoms with van der Waals surface area (Å²) in [6, 6.07) is 23.6. The highest BCUT2D eigenvalue weighted by Crippen LogP contribution is 2.18. The van der Waals surface area contributed by atoms with E-state index in [4.69, 9.17) is 5.73 Å². The molecule has 1 atom stereocenters. The molecule has 0 spiro atoms. The predicted octanol–water partition coefficient (Wildman–Crippen LogP) is 1.98. The Bertz CT molecular complexity index is 1460. The Morgan fingerprint density at radius 3 is 2.27 bits per heavy atom. The zero-order valence-corrected chi connectivity index (χ0v) is 22.0. The molecule has 204 valence electrons. The van der Waals surface area contributed by atoms with E-state index in [1.165, 1.54) is 5.69 Å². The van der Waals surface area contributed by atoms with Gasteiger partial charge in [-0.3, -0.25) is 19.3 Å². The van der Waals surface area contributed by atoms with Crippen molar-refractivity contribution in [2.24, 2.45) is 5.73 Å². The molecule has 1 unspecified atom stereocenters. The number of hydrogen-bond acceptors (Lipinski definition) is 7. The molecular weight excluding hydrogens is 506 g/mol. The minimum atomic E-state index is -1.11. The average molecular weight is 538 g/mol. The topological polar surface area (TPSA) is 126 Å². The van der Waals surface area contributed by atoms with Gasteiger partial charge in [-0.25, -0.2) is 9.67 Å². The molecule has 2 aromatic carbocycles. The fraction of sp³-hybridized carbons (Fsp3) is 0.233. The van der Waals surface area contributed by atoms with Gasteiger partial charge in [-0.2, -0.15) is 5.10 Å². The van der Waals surface area contributed by atoms with Crippen LogP contribution < -0.4 is 16.0 Å². The average Bonchev–Trinajstić information content (AvgIpc) is 3.46. The number of aromatic nitrogens is 3. The smallest absolute Gasteiger partial charge is 0.287 e. The lowest BCUT2D eigenvalue weighted by atomic mass is 10.0. The number of anilines is 1. The zero-order chi connectivity index (χ0) is 27.9. The minimum absolute atomic E-state index is 0.132. The van der Waals surface area contributed by atoms with Crippen LogP contribution in [0.1, 0.15) is 21.6 Å². The first-order valence-electron chi connectivity index (χ1n) is 13.2. The molecule has 2 aromatic heterocycles. The molecule has 0 saturated carbocycles. The third-order valence-corrected chi connectivity index (χ3v) is 6.92. The van der Waals surface area contributed by atoms with Crippen LogP contribution in [0.3, 0.4) is 0 Å². The van der Waals surface area contributed by atoms with Gasteiger partial charge in [0.25, 0.3) is 11.8 Å². The number of nitrogens with two attached hydrogens (primary N) is 1. The van der Waals surface area contributed by atoms with Crippen LogP contribution in [0.2, 0.25) is 0 Å². The highest BCUT2D eigenvalue weighted by molar-refractivity contribution is 6.38. The van der Waals surface area contributed by atoms with E-state index >= 15 is 0 Å². The Balaban J connectivity index is 1.26. The molecule has 0 radical (unpaired) electrons. The lowest BCUT2D eigenvalue weighted by Gasteiger charge is -2.35. The van der Waals surface area contributed by atoms with Gasteiger partial charge in [0.1, 0.15) is 6.04 Å². The second kappa shape index (κ2) is 12.4. The third-order valence-electron chi connectivity index (χ3n) is 6.92. The summed E-state index contributed by atoms with van der Waals surface area (Å²) in [5.74, 6) is -2.19. The summed E-state index contributed by atoms with van der Waals surface area (Å²) < 4.78 is 1.56. The summed E-state index contributed by atoms with van der Waals surface area (Å²) in [5.41, 5.74) is 8.37. The van der Waals surface area contributed by atoms with Gasteiger partial charge in [-0.05, 0) is 35.9 Å². The van der Waals surface area contributed by atoms with E-state index in [-0.39, 0.29) is 12.0 Å². The summed E-state index contributed by atoms with van der Waals surface area (Å²) >= 11 is 0. The molecule has 5 rings (SSSR count). The van der Waals surface area contributed by atoms with Crippen molar-refractivity contribution in [3.63, 3.8) is 0 Å². The molecule has 10 heteroatoms. The Morgan fingerprint density at radius 2 is 1.57 bits per heavy atom. The molecule has 0 aliphatic carbocycles. The van der Waals surface area contributed by atoms with Crippen molar-refractivity contribution in [3.05, 3.63) is 108 Å². The van der Waals surface area contributed by atoms with Crippen LogP contribution in [-0.4, -0.2) is 69.5 Å². The van der Waals surface area contributed by atoms with E-state index in [9.17, 15) is 14.4 Å². The molecule has 1 fully saturated rings. The largest absolute Gasteiger partial charge is 0.369 e. The molecular formula is C30H31N7O3. The van der Waals surface area contributed by atoms with Gasteiger partial charge in [0.15, 0.2) is 5.82 Å². The standard InChI is InChI=1S/C30H31N7O3/c31-28(39)27(38)26(20-22-8-3-1-4-9-22)33-30(40)25-12-7-14-32-29(25)37-15-13-23(34-37)21-35-16-18-36(19-17-35)24-10-5-2-6-11-24/h1-15,26H,16-21H2,(H2,31,39)(H,33,40). The van der Waals surface area contributed by atoms with Gasteiger partial charge in [-0.15, -0.1) is 0 Å². The van der Waals surface area contributed by atoms with Crippen LogP contribution in [-0.2, 0) is 22.6 Å². The Kier molecular flexibility index (Phi) is 8.26. The maximum Gasteiger partial charge on any atom is 0.287 e. The summed E-state index contributed by atoms with van der Waals surface area (Å²) in [6.45, 7) is 4.37. The number of Topliss-reactive ketones (excluding diaryl/α,β-unsaturated/α-hetero) is 1. The first-order valence-corrected chi connectivity index (χ1v) is 13.2. The van der Waals surface area contributed by atoms with Gasteiger partial charge in [0.2, 0.25) is 5.78 Å². The lowest BCUT2D eigenvalue weighted by molar-refractivity contribution is -0.137. The van der Waals surface area contributed by atoms with Crippen LogP contribution in [0, 0.1) is 0 Å². The summed E-state index contributed by atoms with van der Waals surface area (Å²) in [6.07, 6.45) is 3.48. The van der Waals surface area contributed by atoms with Gasteiger partial charge in [0, 0.05) is 57.2 Å². The molecule has 3 N–H and O–H groups in total. The van der Waals surface area contributed by atoms with Crippen molar-refractivity contribution in [1.82, 2.24) is 25.0 Å². The predicted molar refractivity (Wildman–Crippen MR) is 151 cm³/mol. The Labute approximate surface area is 232 Å². The van der Waals surface area contributed by atoms with Gasteiger partial charge in [-0.1, -0.05) is 48.5 Å². The van der Waals surface area contributed by atoms with Gasteiger partial charge >= 0.3 is 0 Å². The van der Waals surface area contributed by atoms with Gasteiger partial charge < -0.3 is 16.0 Å². The number of primary amides is 1. The molecule has 1 aliphatic rings. The van der Waals surface area contributed by atoms with Crippen LogP contribution in [0.25, 0.3) is 5.82 Å². The van der Waals surface area contributed by atoms with E-state index in [1.807, 2.05) is 42.5 Å². The molecule has 3 heterocycles. The number of carbonyl (C=O) groups excluding carboxylic acids is 3. The van der Waals surface area contributed by atoms with Crippen LogP contribution in [0.4, 0.5) is 5.69 Å². The van der Waals surface area contributed by atoms with E-state index in [0.29, 0.717) is 12.4 Å². The molecule has 10 nitrogen and oxygen atoms in total. The first-order chi connectivity index (χ1) is 19.5. The number of pyridine rings is 1. The normalized spacial score (nSPS) is 14.4. The summed E-state index contributed by atoms with van der Waals surface area (Å²) in [5, 5.41) is 7.36. The number of rotatable bonds is 10. The number of benzene rings is 2. The Hall–Kier alpha value is -4.83. The fourth-order valence-corrected chi connectivity index (χ4v) is 4.82. The monoisotopic (exact) mass is 537 g/mol. The quantitative estimate of drug-likeness (QED) is 0.296. The molecule has 1 aliphatic heterocycles. The Morgan fingerprint density at radius 1 is 0.875 bits per heavy atom. The second-order valence-electron chi connectivity index (χ2n) is 9.67. The molecule has 40 heavy (non-hydrogen) atoms. The van der Waals surface area contributed by atoms with Crippen LogP contribution in [0.15, 0.2) is 91.3 Å². The van der Waals surface area contributed by atoms with E-state index in [2.05, 4.69) is 49.5 Å². The van der Waals surface area contributed by atoms with Crippen molar-refractivity contribution in [2.75, 3.05) is 31.1 Å². The van der Waals surface area contributed by atoms with Crippen molar-refractivity contribution in [2.45, 2.75) is 19.0 Å². The van der Waals surface area contributed by atoms with E-state index < -0.39 is 23.6 Å². The van der Waals surface area contributed by atoms with E-state index in [1.54, 1.807) is 29.2 Å².